The highest BCUT2D eigenvalue weighted by atomic mass is 32.2. The average molecular weight is 425 g/mol. The Morgan fingerprint density at radius 1 is 1.18 bits per heavy atom. The van der Waals surface area contributed by atoms with E-state index in [0.717, 1.165) is 17.4 Å². The van der Waals surface area contributed by atoms with Gasteiger partial charge < -0.3 is 5.32 Å². The molecule has 1 amide bonds. The van der Waals surface area contributed by atoms with Crippen LogP contribution in [0.3, 0.4) is 0 Å². The molecule has 28 heavy (non-hydrogen) atoms. The monoisotopic (exact) mass is 424 g/mol. The molecule has 0 heterocycles. The highest BCUT2D eigenvalue weighted by Gasteiger charge is 2.21. The van der Waals surface area contributed by atoms with Crippen molar-refractivity contribution in [3.63, 3.8) is 0 Å². The summed E-state index contributed by atoms with van der Waals surface area (Å²) in [4.78, 5) is 11.9. The SMILES string of the molecule is CC1CCCCC1NC(=S)NNC(=O)CCNS(=O)(=O)/C=C/c1ccccc1. The molecule has 0 aliphatic heterocycles. The fourth-order valence-corrected chi connectivity index (χ4v) is 4.03. The Kier molecular flexibility index (Phi) is 8.88. The van der Waals surface area contributed by atoms with Gasteiger partial charge in [-0.1, -0.05) is 50.1 Å². The molecule has 1 aliphatic carbocycles. The Labute approximate surface area is 172 Å². The summed E-state index contributed by atoms with van der Waals surface area (Å²) in [6.07, 6.45) is 6.15. The highest BCUT2D eigenvalue weighted by Crippen LogP contribution is 2.23. The Morgan fingerprint density at radius 3 is 2.61 bits per heavy atom. The van der Waals surface area contributed by atoms with Crippen LogP contribution in [-0.4, -0.2) is 32.0 Å². The first kappa shape index (κ1) is 22.3. The molecule has 9 heteroatoms. The summed E-state index contributed by atoms with van der Waals surface area (Å²) in [7, 11) is -3.60. The number of amides is 1. The molecule has 2 atom stereocenters. The van der Waals surface area contributed by atoms with Crippen molar-refractivity contribution in [1.82, 2.24) is 20.9 Å². The van der Waals surface area contributed by atoms with Crippen molar-refractivity contribution in [2.75, 3.05) is 6.54 Å². The van der Waals surface area contributed by atoms with Crippen LogP contribution < -0.4 is 20.9 Å². The summed E-state index contributed by atoms with van der Waals surface area (Å²) in [6, 6.07) is 9.42. The molecule has 0 bridgehead atoms. The molecular formula is C19H28N4O3S2. The first-order chi connectivity index (χ1) is 13.4. The number of benzene rings is 1. The zero-order chi connectivity index (χ0) is 20.4. The third kappa shape index (κ3) is 8.37. The predicted molar refractivity (Wildman–Crippen MR) is 115 cm³/mol. The van der Waals surface area contributed by atoms with Crippen molar-refractivity contribution < 1.29 is 13.2 Å². The van der Waals surface area contributed by atoms with E-state index in [4.69, 9.17) is 12.2 Å². The number of carbonyl (C=O) groups is 1. The van der Waals surface area contributed by atoms with Gasteiger partial charge in [-0.3, -0.25) is 15.6 Å². The van der Waals surface area contributed by atoms with Gasteiger partial charge >= 0.3 is 0 Å². The van der Waals surface area contributed by atoms with E-state index in [9.17, 15) is 13.2 Å². The number of sulfonamides is 1. The Balaban J connectivity index is 1.65. The third-order valence-corrected chi connectivity index (χ3v) is 5.96. The van der Waals surface area contributed by atoms with Gasteiger partial charge in [-0.2, -0.15) is 0 Å². The van der Waals surface area contributed by atoms with Crippen molar-refractivity contribution in [1.29, 1.82) is 0 Å². The number of hydrogen-bond donors (Lipinski definition) is 4. The van der Waals surface area contributed by atoms with E-state index < -0.39 is 10.0 Å². The van der Waals surface area contributed by atoms with E-state index in [1.807, 2.05) is 18.2 Å². The van der Waals surface area contributed by atoms with E-state index in [-0.39, 0.29) is 18.9 Å². The van der Waals surface area contributed by atoms with Crippen LogP contribution in [0.1, 0.15) is 44.6 Å². The number of thiocarbonyl (C=S) groups is 1. The van der Waals surface area contributed by atoms with Crippen LogP contribution in [0.25, 0.3) is 6.08 Å². The minimum absolute atomic E-state index is 0.00513. The van der Waals surface area contributed by atoms with Gasteiger partial charge in [0.2, 0.25) is 15.9 Å². The van der Waals surface area contributed by atoms with Gasteiger partial charge in [0.15, 0.2) is 5.11 Å². The minimum Gasteiger partial charge on any atom is -0.358 e. The van der Waals surface area contributed by atoms with Crippen LogP contribution in [0.5, 0.6) is 0 Å². The van der Waals surface area contributed by atoms with Crippen molar-refractivity contribution in [3.8, 4) is 0 Å². The van der Waals surface area contributed by atoms with Crippen LogP contribution in [0, 0.1) is 5.92 Å². The van der Waals surface area contributed by atoms with Crippen LogP contribution in [0.2, 0.25) is 0 Å². The lowest BCUT2D eigenvalue weighted by Gasteiger charge is -2.30. The summed E-state index contributed by atoms with van der Waals surface area (Å²) >= 11 is 5.20. The molecule has 1 aromatic carbocycles. The molecular weight excluding hydrogens is 396 g/mol. The average Bonchev–Trinajstić information content (AvgIpc) is 2.67. The van der Waals surface area contributed by atoms with Crippen molar-refractivity contribution in [2.24, 2.45) is 5.92 Å². The van der Waals surface area contributed by atoms with Crippen LogP contribution in [-0.2, 0) is 14.8 Å². The van der Waals surface area contributed by atoms with Gasteiger partial charge in [-0.15, -0.1) is 0 Å². The predicted octanol–water partition coefficient (Wildman–Crippen LogP) is 2.04. The van der Waals surface area contributed by atoms with E-state index in [0.29, 0.717) is 17.1 Å². The Morgan fingerprint density at radius 2 is 1.89 bits per heavy atom. The second-order valence-electron chi connectivity index (χ2n) is 6.92. The van der Waals surface area contributed by atoms with E-state index in [1.165, 1.54) is 25.3 Å². The quantitative estimate of drug-likeness (QED) is 0.395. The largest absolute Gasteiger partial charge is 0.358 e. The molecule has 2 unspecified atom stereocenters. The van der Waals surface area contributed by atoms with E-state index in [2.05, 4.69) is 27.8 Å². The van der Waals surface area contributed by atoms with Gasteiger partial charge in [0.1, 0.15) is 0 Å². The zero-order valence-corrected chi connectivity index (χ0v) is 17.6. The molecule has 0 saturated heterocycles. The second kappa shape index (κ2) is 11.1. The summed E-state index contributed by atoms with van der Waals surface area (Å²) < 4.78 is 26.2. The van der Waals surface area contributed by atoms with Crippen molar-refractivity contribution in [2.45, 2.75) is 45.1 Å². The molecule has 1 aliphatic rings. The number of carbonyl (C=O) groups excluding carboxylic acids is 1. The number of nitrogens with one attached hydrogen (secondary N) is 4. The van der Waals surface area contributed by atoms with Crippen LogP contribution >= 0.6 is 12.2 Å². The summed E-state index contributed by atoms with van der Waals surface area (Å²) in [5, 5.41) is 4.68. The Bertz CT molecular complexity index is 782. The zero-order valence-electron chi connectivity index (χ0n) is 16.0. The molecule has 0 aromatic heterocycles. The van der Waals surface area contributed by atoms with Crippen LogP contribution in [0.4, 0.5) is 0 Å². The number of hydrazine groups is 1. The molecule has 1 aromatic rings. The third-order valence-electron chi connectivity index (χ3n) is 4.64. The molecule has 1 saturated carbocycles. The summed E-state index contributed by atoms with van der Waals surface area (Å²) in [6.45, 7) is 2.19. The van der Waals surface area contributed by atoms with Crippen LogP contribution in [0.15, 0.2) is 35.7 Å². The van der Waals surface area contributed by atoms with E-state index >= 15 is 0 Å². The maximum atomic E-state index is 11.9. The maximum Gasteiger partial charge on any atom is 0.239 e. The number of hydrogen-bond acceptors (Lipinski definition) is 4. The lowest BCUT2D eigenvalue weighted by molar-refractivity contribution is -0.121. The van der Waals surface area contributed by atoms with Gasteiger partial charge in [-0.25, -0.2) is 13.1 Å². The van der Waals surface area contributed by atoms with Crippen molar-refractivity contribution >= 4 is 39.3 Å². The normalized spacial score (nSPS) is 19.9. The summed E-state index contributed by atoms with van der Waals surface area (Å²) in [5.41, 5.74) is 5.94. The first-order valence-electron chi connectivity index (χ1n) is 9.44. The number of rotatable bonds is 7. The summed E-state index contributed by atoms with van der Waals surface area (Å²) in [5.74, 6) is 0.193. The molecule has 7 nitrogen and oxygen atoms in total. The molecule has 2 rings (SSSR count). The lowest BCUT2D eigenvalue weighted by atomic mass is 9.86. The smallest absolute Gasteiger partial charge is 0.239 e. The van der Waals surface area contributed by atoms with Gasteiger partial charge in [0.25, 0.3) is 0 Å². The molecule has 0 radical (unpaired) electrons. The first-order valence-corrected chi connectivity index (χ1v) is 11.4. The molecule has 154 valence electrons. The van der Waals surface area contributed by atoms with E-state index in [1.54, 1.807) is 12.1 Å². The van der Waals surface area contributed by atoms with Crippen molar-refractivity contribution in [3.05, 3.63) is 41.3 Å². The van der Waals surface area contributed by atoms with Gasteiger partial charge in [0.05, 0.1) is 0 Å². The molecule has 0 spiro atoms. The highest BCUT2D eigenvalue weighted by molar-refractivity contribution is 7.92. The van der Waals surface area contributed by atoms with Gasteiger partial charge in [0, 0.05) is 24.4 Å². The van der Waals surface area contributed by atoms with Gasteiger partial charge in [-0.05, 0) is 42.6 Å². The molecule has 4 N–H and O–H groups in total. The topological polar surface area (TPSA) is 99.3 Å². The fraction of sp³-hybridized carbons (Fsp3) is 0.474. The second-order valence-corrected chi connectivity index (χ2v) is 8.98. The lowest BCUT2D eigenvalue weighted by Crippen LogP contribution is -2.51. The molecule has 1 fully saturated rings. The minimum atomic E-state index is -3.60. The maximum absolute atomic E-state index is 11.9. The Hall–Kier alpha value is -1.97. The fourth-order valence-electron chi connectivity index (χ4n) is 3.01. The standard InChI is InChI=1S/C19H28N4O3S2/c1-15-7-5-6-10-17(15)21-19(27)23-22-18(24)11-13-20-28(25,26)14-12-16-8-3-2-4-9-16/h2-4,8-9,12,14-15,17,20H,5-7,10-11,13H2,1H3,(H,22,24)(H2,21,23,27)/b14-12+.